The fourth-order valence-electron chi connectivity index (χ4n) is 1.99. The molecular weight excluding hydrogens is 327 g/mol. The van der Waals surface area contributed by atoms with Gasteiger partial charge in [-0.15, -0.1) is 0 Å². The van der Waals surface area contributed by atoms with Gasteiger partial charge in [0.05, 0.1) is 18.7 Å². The van der Waals surface area contributed by atoms with Crippen LogP contribution in [0, 0.1) is 0 Å². The summed E-state index contributed by atoms with van der Waals surface area (Å²) in [7, 11) is 1.31. The number of hydrogen-bond donors (Lipinski definition) is 2. The Balaban J connectivity index is 2.16. The lowest BCUT2D eigenvalue weighted by atomic mass is 10.1. The van der Waals surface area contributed by atoms with E-state index in [1.54, 1.807) is 6.92 Å². The summed E-state index contributed by atoms with van der Waals surface area (Å²) in [6, 6.07) is 2.62. The van der Waals surface area contributed by atoms with E-state index in [1.165, 1.54) is 19.4 Å². The van der Waals surface area contributed by atoms with Gasteiger partial charge in [0.25, 0.3) is 11.5 Å². The summed E-state index contributed by atoms with van der Waals surface area (Å²) < 4.78 is 42.4. The van der Waals surface area contributed by atoms with Crippen molar-refractivity contribution in [2.45, 2.75) is 19.1 Å². The first-order valence-electron chi connectivity index (χ1n) is 6.83. The Morgan fingerprint density at radius 2 is 2.08 bits per heavy atom. The Labute approximate surface area is 134 Å². The molecule has 0 radical (unpaired) electrons. The Kier molecular flexibility index (Phi) is 4.91. The number of halogens is 3. The molecule has 0 spiro atoms. The maximum Gasteiger partial charge on any atom is 0.433 e. The molecule has 9 heteroatoms. The second-order valence-corrected chi connectivity index (χ2v) is 4.95. The molecule has 1 atom stereocenters. The van der Waals surface area contributed by atoms with Crippen LogP contribution >= 0.6 is 0 Å². The van der Waals surface area contributed by atoms with E-state index in [0.29, 0.717) is 5.56 Å². The van der Waals surface area contributed by atoms with Crippen LogP contribution in [0.4, 0.5) is 13.2 Å². The summed E-state index contributed by atoms with van der Waals surface area (Å²) >= 11 is 0. The zero-order valence-electron chi connectivity index (χ0n) is 12.8. The highest BCUT2D eigenvalue weighted by Crippen LogP contribution is 2.28. The highest BCUT2D eigenvalue weighted by Gasteiger charge is 2.32. The Morgan fingerprint density at radius 3 is 2.62 bits per heavy atom. The second kappa shape index (κ2) is 6.73. The Bertz CT molecular complexity index is 785. The average molecular weight is 341 g/mol. The third-order valence-corrected chi connectivity index (χ3v) is 3.28. The summed E-state index contributed by atoms with van der Waals surface area (Å²) in [4.78, 5) is 29.2. The van der Waals surface area contributed by atoms with Crippen LogP contribution in [0.5, 0.6) is 5.75 Å². The molecule has 2 aromatic rings. The summed E-state index contributed by atoms with van der Waals surface area (Å²) in [5.41, 5.74) is -0.931. The van der Waals surface area contributed by atoms with Gasteiger partial charge >= 0.3 is 6.18 Å². The maximum absolute atomic E-state index is 12.5. The van der Waals surface area contributed by atoms with E-state index in [1.807, 2.05) is 0 Å². The molecule has 0 aliphatic rings. The first-order chi connectivity index (χ1) is 11.2. The van der Waals surface area contributed by atoms with Crippen LogP contribution in [-0.2, 0) is 6.18 Å². The fraction of sp³-hybridized carbons (Fsp3) is 0.267. The van der Waals surface area contributed by atoms with E-state index in [4.69, 9.17) is 4.74 Å². The highest BCUT2D eigenvalue weighted by atomic mass is 19.4. The van der Waals surface area contributed by atoms with Gasteiger partial charge in [0.1, 0.15) is 11.4 Å². The monoisotopic (exact) mass is 341 g/mol. The predicted molar refractivity (Wildman–Crippen MR) is 78.7 cm³/mol. The van der Waals surface area contributed by atoms with Crippen molar-refractivity contribution >= 4 is 5.91 Å². The van der Waals surface area contributed by atoms with Gasteiger partial charge in [0.15, 0.2) is 0 Å². The van der Waals surface area contributed by atoms with Gasteiger partial charge in [-0.1, -0.05) is 6.07 Å². The first kappa shape index (κ1) is 17.5. The lowest BCUT2D eigenvalue weighted by Gasteiger charge is -2.16. The van der Waals surface area contributed by atoms with Crippen LogP contribution < -0.4 is 15.6 Å². The highest BCUT2D eigenvalue weighted by molar-refractivity contribution is 5.96. The van der Waals surface area contributed by atoms with Crippen LogP contribution in [-0.4, -0.2) is 23.0 Å². The molecule has 0 unspecified atom stereocenters. The number of nitrogens with zero attached hydrogens (tertiary/aromatic N) is 1. The molecule has 0 aliphatic carbocycles. The quantitative estimate of drug-likeness (QED) is 0.894. The number of carbonyl (C=O) groups excluding carboxylic acids is 1. The summed E-state index contributed by atoms with van der Waals surface area (Å²) in [5.74, 6) is -0.454. The smallest absolute Gasteiger partial charge is 0.433 e. The number of hydrogen-bond acceptors (Lipinski definition) is 4. The lowest BCUT2D eigenvalue weighted by molar-refractivity contribution is -0.141. The molecule has 2 heterocycles. The van der Waals surface area contributed by atoms with E-state index in [0.717, 1.165) is 18.3 Å². The Hall–Kier alpha value is -2.84. The summed E-state index contributed by atoms with van der Waals surface area (Å²) in [6.45, 7) is 1.60. The van der Waals surface area contributed by atoms with E-state index < -0.39 is 29.4 Å². The van der Waals surface area contributed by atoms with Crippen molar-refractivity contribution in [2.75, 3.05) is 7.11 Å². The topological polar surface area (TPSA) is 84.1 Å². The number of pyridine rings is 2. The normalized spacial score (nSPS) is 12.5. The molecule has 0 aromatic carbocycles. The number of aromatic amines is 1. The van der Waals surface area contributed by atoms with Crippen LogP contribution in [0.3, 0.4) is 0 Å². The SMILES string of the molecule is COc1cc(=O)[nH]cc1C(=O)N[C@H](C)c1ccc(C(F)(F)F)nc1. The van der Waals surface area contributed by atoms with Crippen LogP contribution in [0.2, 0.25) is 0 Å². The lowest BCUT2D eigenvalue weighted by Crippen LogP contribution is -2.28. The number of rotatable bonds is 4. The van der Waals surface area contributed by atoms with Gasteiger partial charge in [0, 0.05) is 18.5 Å². The van der Waals surface area contributed by atoms with Gasteiger partial charge in [-0.25, -0.2) is 0 Å². The number of alkyl halides is 3. The van der Waals surface area contributed by atoms with E-state index >= 15 is 0 Å². The average Bonchev–Trinajstić information content (AvgIpc) is 2.53. The van der Waals surface area contributed by atoms with Crippen molar-refractivity contribution in [3.8, 4) is 5.75 Å². The van der Waals surface area contributed by atoms with Crippen LogP contribution in [0.1, 0.15) is 34.6 Å². The van der Waals surface area contributed by atoms with Gasteiger partial charge in [-0.2, -0.15) is 13.2 Å². The third-order valence-electron chi connectivity index (χ3n) is 3.28. The van der Waals surface area contributed by atoms with E-state index in [2.05, 4.69) is 15.3 Å². The molecule has 1 amide bonds. The largest absolute Gasteiger partial charge is 0.496 e. The number of aromatic nitrogens is 2. The van der Waals surface area contributed by atoms with Crippen molar-refractivity contribution < 1.29 is 22.7 Å². The standard InChI is InChI=1S/C15H14F3N3O3/c1-8(9-3-4-12(19-6-9)15(16,17)18)21-14(23)10-7-20-13(22)5-11(10)24-2/h3-8H,1-2H3,(H,20,22)(H,21,23)/t8-/m1/s1. The first-order valence-corrected chi connectivity index (χ1v) is 6.83. The molecule has 0 bridgehead atoms. The van der Waals surface area contributed by atoms with Crippen molar-refractivity contribution in [3.63, 3.8) is 0 Å². The van der Waals surface area contributed by atoms with Gasteiger partial charge in [-0.3, -0.25) is 14.6 Å². The fourth-order valence-corrected chi connectivity index (χ4v) is 1.99. The van der Waals surface area contributed by atoms with Gasteiger partial charge < -0.3 is 15.0 Å². The molecule has 6 nitrogen and oxygen atoms in total. The van der Waals surface area contributed by atoms with Gasteiger partial charge in [0.2, 0.25) is 0 Å². The number of nitrogens with one attached hydrogen (secondary N) is 2. The molecule has 2 rings (SSSR count). The summed E-state index contributed by atoms with van der Waals surface area (Å²) in [6.07, 6.45) is -2.26. The molecule has 0 saturated heterocycles. The molecule has 0 aliphatic heterocycles. The molecule has 0 saturated carbocycles. The molecule has 128 valence electrons. The zero-order valence-corrected chi connectivity index (χ0v) is 12.8. The van der Waals surface area contributed by atoms with Crippen LogP contribution in [0.25, 0.3) is 0 Å². The molecule has 2 N–H and O–H groups in total. The molecule has 0 fully saturated rings. The van der Waals surface area contributed by atoms with Crippen molar-refractivity contribution in [2.24, 2.45) is 0 Å². The number of amides is 1. The Morgan fingerprint density at radius 1 is 1.38 bits per heavy atom. The minimum absolute atomic E-state index is 0.0917. The molecular formula is C15H14F3N3O3. The van der Waals surface area contributed by atoms with E-state index in [9.17, 15) is 22.8 Å². The maximum atomic E-state index is 12.5. The molecule has 2 aromatic heterocycles. The van der Waals surface area contributed by atoms with Crippen molar-refractivity contribution in [1.82, 2.24) is 15.3 Å². The van der Waals surface area contributed by atoms with Crippen LogP contribution in [0.15, 0.2) is 35.4 Å². The van der Waals surface area contributed by atoms with Crippen molar-refractivity contribution in [1.29, 1.82) is 0 Å². The third kappa shape index (κ3) is 3.92. The number of carbonyl (C=O) groups is 1. The second-order valence-electron chi connectivity index (χ2n) is 4.95. The number of ether oxygens (including phenoxy) is 1. The molecule has 24 heavy (non-hydrogen) atoms. The van der Waals surface area contributed by atoms with E-state index in [-0.39, 0.29) is 11.3 Å². The minimum atomic E-state index is -4.52. The zero-order chi connectivity index (χ0) is 17.9. The minimum Gasteiger partial charge on any atom is -0.496 e. The van der Waals surface area contributed by atoms with Crippen molar-refractivity contribution in [3.05, 3.63) is 57.8 Å². The van der Waals surface area contributed by atoms with Gasteiger partial charge in [-0.05, 0) is 18.6 Å². The predicted octanol–water partition coefficient (Wildman–Crippen LogP) is 2.29. The summed E-state index contributed by atoms with van der Waals surface area (Å²) in [5, 5.41) is 2.60. The number of H-pyrrole nitrogens is 1. The number of methoxy groups -OCH3 is 1.